The van der Waals surface area contributed by atoms with Gasteiger partial charge in [-0.15, -0.1) is 5.10 Å². The van der Waals surface area contributed by atoms with Crippen LogP contribution in [0.2, 0.25) is 0 Å². The Morgan fingerprint density at radius 3 is 2.13 bits per heavy atom. The maximum atomic E-state index is 13.1. The Morgan fingerprint density at radius 2 is 1.60 bits per heavy atom. The Kier molecular flexibility index (Phi) is 4.52. The highest BCUT2D eigenvalue weighted by Crippen LogP contribution is 2.60. The summed E-state index contributed by atoms with van der Waals surface area (Å²) in [7, 11) is -0.527. The fourth-order valence-corrected chi connectivity index (χ4v) is 6.89. The molecule has 0 aliphatic heterocycles. The van der Waals surface area contributed by atoms with Gasteiger partial charge in [0.2, 0.25) is 21.8 Å². The number of rotatable bonds is 5. The molecule has 1 amide bonds. The molecule has 1 N–H and O–H groups in total. The highest BCUT2D eigenvalue weighted by atomic mass is 32.2. The van der Waals surface area contributed by atoms with Crippen LogP contribution in [0.1, 0.15) is 38.5 Å². The first kappa shape index (κ1) is 19.7. The fourth-order valence-electron chi connectivity index (χ4n) is 5.99. The van der Waals surface area contributed by atoms with Crippen LogP contribution in [0.3, 0.4) is 0 Å². The molecule has 0 saturated heterocycles. The molecule has 2 aromatic rings. The van der Waals surface area contributed by atoms with Gasteiger partial charge in [-0.1, -0.05) is 5.10 Å². The number of sulfonamides is 1. The lowest BCUT2D eigenvalue weighted by molar-refractivity contribution is -0.140. The molecule has 160 valence electrons. The van der Waals surface area contributed by atoms with E-state index in [9.17, 15) is 13.2 Å². The second kappa shape index (κ2) is 6.88. The van der Waals surface area contributed by atoms with Gasteiger partial charge in [-0.25, -0.2) is 12.7 Å². The minimum Gasteiger partial charge on any atom is -0.403 e. The predicted octanol–water partition coefficient (Wildman–Crippen LogP) is 3.14. The van der Waals surface area contributed by atoms with Crippen molar-refractivity contribution < 1.29 is 17.6 Å². The van der Waals surface area contributed by atoms with Gasteiger partial charge in [-0.2, -0.15) is 0 Å². The Morgan fingerprint density at radius 1 is 1.03 bits per heavy atom. The summed E-state index contributed by atoms with van der Waals surface area (Å²) in [6.45, 7) is 0. The number of amides is 1. The van der Waals surface area contributed by atoms with Crippen LogP contribution in [0.5, 0.6) is 0 Å². The van der Waals surface area contributed by atoms with Gasteiger partial charge in [-0.05, 0) is 80.5 Å². The summed E-state index contributed by atoms with van der Waals surface area (Å²) in [5, 5.41) is 10.9. The van der Waals surface area contributed by atoms with E-state index in [1.807, 2.05) is 0 Å². The van der Waals surface area contributed by atoms with E-state index in [0.717, 1.165) is 23.6 Å². The number of hydrogen-bond donors (Lipinski definition) is 1. The maximum absolute atomic E-state index is 13.1. The third-order valence-electron chi connectivity index (χ3n) is 7.05. The van der Waals surface area contributed by atoms with Gasteiger partial charge in [-0.3, -0.25) is 10.1 Å². The Hall–Kier alpha value is -2.26. The Balaban J connectivity index is 1.31. The van der Waals surface area contributed by atoms with Crippen LogP contribution in [0.4, 0.5) is 6.01 Å². The number of carbonyl (C=O) groups is 1. The average Bonchev–Trinajstić information content (AvgIpc) is 3.15. The molecule has 1 heterocycles. The molecule has 8 nitrogen and oxygen atoms in total. The van der Waals surface area contributed by atoms with E-state index in [1.54, 1.807) is 12.1 Å². The minimum atomic E-state index is -3.50. The van der Waals surface area contributed by atoms with Crippen molar-refractivity contribution in [3.8, 4) is 11.5 Å². The fraction of sp³-hybridized carbons (Fsp3) is 0.571. The van der Waals surface area contributed by atoms with Gasteiger partial charge >= 0.3 is 6.01 Å². The number of benzene rings is 1. The van der Waals surface area contributed by atoms with Crippen molar-refractivity contribution in [3.63, 3.8) is 0 Å². The molecule has 0 radical (unpaired) electrons. The molecular formula is C21H26N4O4S. The van der Waals surface area contributed by atoms with Crippen molar-refractivity contribution in [1.82, 2.24) is 14.5 Å². The number of nitrogens with zero attached hydrogens (tertiary/aromatic N) is 3. The zero-order chi connectivity index (χ0) is 21.1. The highest BCUT2D eigenvalue weighted by Gasteiger charge is 2.54. The number of anilines is 1. The first-order valence-electron chi connectivity index (χ1n) is 10.4. The summed E-state index contributed by atoms with van der Waals surface area (Å²) in [6.07, 6.45) is 6.72. The first-order chi connectivity index (χ1) is 14.2. The third kappa shape index (κ3) is 3.24. The van der Waals surface area contributed by atoms with E-state index in [-0.39, 0.29) is 28.1 Å². The van der Waals surface area contributed by atoms with E-state index in [1.165, 1.54) is 45.5 Å². The normalized spacial score (nSPS) is 30.0. The standard InChI is InChI=1S/C21H26N4O4S/c1-25(2)30(27,28)17-5-3-16(4-6-17)18-23-24-20(29-18)22-19(26)21-10-13-7-14(11-21)9-15(8-13)12-21/h3-6,13-15H,7-12H2,1-2H3,(H,22,24,26). The number of hydrogen-bond acceptors (Lipinski definition) is 6. The van der Waals surface area contributed by atoms with Crippen LogP contribution < -0.4 is 5.32 Å². The molecule has 4 aliphatic carbocycles. The summed E-state index contributed by atoms with van der Waals surface area (Å²) >= 11 is 0. The third-order valence-corrected chi connectivity index (χ3v) is 8.87. The second-order valence-corrected chi connectivity index (χ2v) is 11.5. The van der Waals surface area contributed by atoms with Crippen LogP contribution in [-0.2, 0) is 14.8 Å². The van der Waals surface area contributed by atoms with E-state index in [2.05, 4.69) is 15.5 Å². The Labute approximate surface area is 176 Å². The molecule has 4 saturated carbocycles. The molecular weight excluding hydrogens is 404 g/mol. The van der Waals surface area contributed by atoms with Gasteiger partial charge < -0.3 is 4.42 Å². The van der Waals surface area contributed by atoms with Crippen molar-refractivity contribution in [3.05, 3.63) is 24.3 Å². The van der Waals surface area contributed by atoms with Gasteiger partial charge in [0.25, 0.3) is 0 Å². The zero-order valence-corrected chi connectivity index (χ0v) is 18.0. The summed E-state index contributed by atoms with van der Waals surface area (Å²) in [4.78, 5) is 13.3. The molecule has 6 rings (SSSR count). The molecule has 4 bridgehead atoms. The molecule has 30 heavy (non-hydrogen) atoms. The Bertz CT molecular complexity index is 1040. The van der Waals surface area contributed by atoms with Crippen molar-refractivity contribution >= 4 is 21.9 Å². The van der Waals surface area contributed by atoms with Gasteiger partial charge in [0.1, 0.15) is 0 Å². The van der Waals surface area contributed by atoms with Gasteiger partial charge in [0, 0.05) is 19.7 Å². The van der Waals surface area contributed by atoms with Crippen molar-refractivity contribution in [2.45, 2.75) is 43.4 Å². The zero-order valence-electron chi connectivity index (χ0n) is 17.2. The largest absolute Gasteiger partial charge is 0.403 e. The topological polar surface area (TPSA) is 105 Å². The summed E-state index contributed by atoms with van der Waals surface area (Å²) in [6, 6.07) is 6.34. The highest BCUT2D eigenvalue weighted by molar-refractivity contribution is 7.89. The van der Waals surface area contributed by atoms with Crippen LogP contribution in [0.25, 0.3) is 11.5 Å². The molecule has 9 heteroatoms. The maximum Gasteiger partial charge on any atom is 0.322 e. The molecule has 4 aliphatic rings. The number of nitrogens with one attached hydrogen (secondary N) is 1. The van der Waals surface area contributed by atoms with Crippen molar-refractivity contribution in [2.24, 2.45) is 23.2 Å². The van der Waals surface area contributed by atoms with Crippen molar-refractivity contribution in [1.29, 1.82) is 0 Å². The predicted molar refractivity (Wildman–Crippen MR) is 110 cm³/mol. The molecule has 1 aromatic carbocycles. The minimum absolute atomic E-state index is 0.00391. The molecule has 1 aromatic heterocycles. The lowest BCUT2D eigenvalue weighted by atomic mass is 9.49. The summed E-state index contributed by atoms with van der Waals surface area (Å²) in [5.41, 5.74) is 0.307. The van der Waals surface area contributed by atoms with Crippen LogP contribution in [-0.4, -0.2) is 42.9 Å². The second-order valence-electron chi connectivity index (χ2n) is 9.38. The van der Waals surface area contributed by atoms with Gasteiger partial charge in [0.05, 0.1) is 10.3 Å². The average molecular weight is 431 g/mol. The summed E-state index contributed by atoms with van der Waals surface area (Å²) < 4.78 is 31.2. The molecule has 0 spiro atoms. The number of aromatic nitrogens is 2. The monoisotopic (exact) mass is 430 g/mol. The molecule has 0 atom stereocenters. The van der Waals surface area contributed by atoms with Crippen LogP contribution in [0.15, 0.2) is 33.6 Å². The van der Waals surface area contributed by atoms with Gasteiger partial charge in [0.15, 0.2) is 0 Å². The van der Waals surface area contributed by atoms with E-state index in [0.29, 0.717) is 23.3 Å². The van der Waals surface area contributed by atoms with E-state index < -0.39 is 10.0 Å². The van der Waals surface area contributed by atoms with Crippen LogP contribution in [0, 0.1) is 23.2 Å². The SMILES string of the molecule is CN(C)S(=O)(=O)c1ccc(-c2nnc(NC(=O)C34CC5CC(CC(C5)C3)C4)o2)cc1. The molecule has 4 fully saturated rings. The quantitative estimate of drug-likeness (QED) is 0.781. The van der Waals surface area contributed by atoms with Crippen LogP contribution >= 0.6 is 0 Å². The van der Waals surface area contributed by atoms with E-state index in [4.69, 9.17) is 4.42 Å². The number of carbonyl (C=O) groups excluding carboxylic acids is 1. The smallest absolute Gasteiger partial charge is 0.322 e. The van der Waals surface area contributed by atoms with Crippen molar-refractivity contribution in [2.75, 3.05) is 19.4 Å². The lowest BCUT2D eigenvalue weighted by Gasteiger charge is -2.55. The summed E-state index contributed by atoms with van der Waals surface area (Å²) in [5.74, 6) is 2.28. The lowest BCUT2D eigenvalue weighted by Crippen LogP contribution is -2.51. The van der Waals surface area contributed by atoms with E-state index >= 15 is 0 Å². The first-order valence-corrected chi connectivity index (χ1v) is 11.9. The molecule has 0 unspecified atom stereocenters.